The van der Waals surface area contributed by atoms with Crippen molar-refractivity contribution in [1.29, 1.82) is 0 Å². The number of ether oxygens (including phenoxy) is 3. The van der Waals surface area contributed by atoms with Crippen molar-refractivity contribution in [3.8, 4) is 0 Å². The third-order valence-corrected chi connectivity index (χ3v) is 3.97. The first-order valence-electron chi connectivity index (χ1n) is 6.60. The minimum atomic E-state index is -0.516. The van der Waals surface area contributed by atoms with Crippen LogP contribution in [0.25, 0.3) is 0 Å². The van der Waals surface area contributed by atoms with Gasteiger partial charge in [-0.1, -0.05) is 6.92 Å². The van der Waals surface area contributed by atoms with E-state index >= 15 is 0 Å². The van der Waals surface area contributed by atoms with Gasteiger partial charge in [-0.25, -0.2) is 4.79 Å². The fourth-order valence-corrected chi connectivity index (χ4v) is 2.86. The van der Waals surface area contributed by atoms with Crippen LogP contribution in [0.2, 0.25) is 0 Å². The van der Waals surface area contributed by atoms with Crippen LogP contribution < -0.4 is 0 Å². The van der Waals surface area contributed by atoms with Gasteiger partial charge in [0, 0.05) is 7.11 Å². The lowest BCUT2D eigenvalue weighted by molar-refractivity contribution is -0.0484. The summed E-state index contributed by atoms with van der Waals surface area (Å²) in [6.45, 7) is 2.12. The highest BCUT2D eigenvalue weighted by molar-refractivity contribution is 5.60. The Bertz CT molecular complexity index is 266. The molecule has 0 N–H and O–H groups in total. The van der Waals surface area contributed by atoms with Crippen LogP contribution in [0.5, 0.6) is 0 Å². The highest BCUT2D eigenvalue weighted by Crippen LogP contribution is 2.29. The second-order valence-corrected chi connectivity index (χ2v) is 5.18. The molecule has 17 heavy (non-hydrogen) atoms. The fourth-order valence-electron chi connectivity index (χ4n) is 2.86. The molecule has 0 spiro atoms. The van der Waals surface area contributed by atoms with Gasteiger partial charge in [0.25, 0.3) is 0 Å². The molecule has 0 radical (unpaired) electrons. The van der Waals surface area contributed by atoms with E-state index in [1.807, 2.05) is 0 Å². The molecule has 0 aromatic carbocycles. The van der Waals surface area contributed by atoms with Gasteiger partial charge in [-0.2, -0.15) is 0 Å². The predicted octanol–water partition coefficient (Wildman–Crippen LogP) is 2.90. The maximum atomic E-state index is 11.7. The average Bonchev–Trinajstić information content (AvgIpc) is 2.89. The van der Waals surface area contributed by atoms with Crippen molar-refractivity contribution in [2.24, 2.45) is 5.92 Å². The van der Waals surface area contributed by atoms with Gasteiger partial charge >= 0.3 is 6.16 Å². The topological polar surface area (TPSA) is 44.8 Å². The quantitative estimate of drug-likeness (QED) is 0.714. The lowest BCUT2D eigenvalue weighted by Gasteiger charge is -2.21. The van der Waals surface area contributed by atoms with Crippen molar-refractivity contribution >= 4 is 6.16 Å². The Hall–Kier alpha value is -0.770. The van der Waals surface area contributed by atoms with Gasteiger partial charge in [-0.05, 0) is 44.4 Å². The zero-order valence-corrected chi connectivity index (χ0v) is 10.7. The predicted molar refractivity (Wildman–Crippen MR) is 62.8 cm³/mol. The Balaban J connectivity index is 1.76. The van der Waals surface area contributed by atoms with Crippen LogP contribution in [0, 0.1) is 5.92 Å². The van der Waals surface area contributed by atoms with E-state index in [4.69, 9.17) is 14.2 Å². The lowest BCUT2D eigenvalue weighted by Crippen LogP contribution is -2.30. The molecule has 0 heterocycles. The molecule has 98 valence electrons. The van der Waals surface area contributed by atoms with Crippen molar-refractivity contribution in [3.63, 3.8) is 0 Å². The second-order valence-electron chi connectivity index (χ2n) is 5.18. The molecule has 2 fully saturated rings. The van der Waals surface area contributed by atoms with E-state index in [0.29, 0.717) is 5.92 Å². The molecular weight excluding hydrogens is 220 g/mol. The first kappa shape index (κ1) is 12.7. The summed E-state index contributed by atoms with van der Waals surface area (Å²) >= 11 is 0. The van der Waals surface area contributed by atoms with Crippen molar-refractivity contribution in [2.75, 3.05) is 7.11 Å². The Labute approximate surface area is 103 Å². The van der Waals surface area contributed by atoms with Crippen LogP contribution in [-0.2, 0) is 14.2 Å². The standard InChI is InChI=1S/C13H22O4/c1-9-5-3-6-10(9)16-13(14)17-12-8-4-7-11(12)15-2/h9-12H,3-8H2,1-2H3. The summed E-state index contributed by atoms with van der Waals surface area (Å²) in [4.78, 5) is 11.7. The van der Waals surface area contributed by atoms with E-state index in [0.717, 1.165) is 38.5 Å². The number of carbonyl (C=O) groups is 1. The zero-order valence-electron chi connectivity index (χ0n) is 10.7. The van der Waals surface area contributed by atoms with Gasteiger partial charge in [0.2, 0.25) is 0 Å². The smallest absolute Gasteiger partial charge is 0.431 e. The summed E-state index contributed by atoms with van der Waals surface area (Å²) in [6, 6.07) is 0. The average molecular weight is 242 g/mol. The van der Waals surface area contributed by atoms with Gasteiger partial charge < -0.3 is 14.2 Å². The molecule has 4 heteroatoms. The summed E-state index contributed by atoms with van der Waals surface area (Å²) in [5, 5.41) is 0. The van der Waals surface area contributed by atoms with Gasteiger partial charge in [0.05, 0.1) is 6.10 Å². The zero-order chi connectivity index (χ0) is 12.3. The minimum absolute atomic E-state index is 0.0450. The van der Waals surface area contributed by atoms with Crippen molar-refractivity contribution in [2.45, 2.75) is 63.8 Å². The van der Waals surface area contributed by atoms with Crippen LogP contribution in [-0.4, -0.2) is 31.6 Å². The molecule has 4 atom stereocenters. The molecule has 2 aliphatic carbocycles. The maximum absolute atomic E-state index is 11.7. The lowest BCUT2D eigenvalue weighted by atomic mass is 10.1. The number of carbonyl (C=O) groups excluding carboxylic acids is 1. The largest absolute Gasteiger partial charge is 0.508 e. The first-order chi connectivity index (χ1) is 8.20. The molecule has 0 amide bonds. The molecule has 0 aromatic rings. The number of rotatable bonds is 3. The van der Waals surface area contributed by atoms with Crippen LogP contribution in [0.4, 0.5) is 4.79 Å². The second kappa shape index (κ2) is 5.71. The Morgan fingerprint density at radius 2 is 1.53 bits per heavy atom. The Morgan fingerprint density at radius 3 is 2.18 bits per heavy atom. The Kier molecular flexibility index (Phi) is 4.26. The molecule has 2 saturated carbocycles. The Morgan fingerprint density at radius 1 is 0.941 bits per heavy atom. The molecule has 4 nitrogen and oxygen atoms in total. The van der Waals surface area contributed by atoms with Crippen molar-refractivity contribution < 1.29 is 19.0 Å². The number of hydrogen-bond donors (Lipinski definition) is 0. The number of hydrogen-bond acceptors (Lipinski definition) is 4. The first-order valence-corrected chi connectivity index (χ1v) is 6.60. The summed E-state index contributed by atoms with van der Waals surface area (Å²) < 4.78 is 16.0. The van der Waals surface area contributed by atoms with Crippen LogP contribution in [0.15, 0.2) is 0 Å². The molecule has 0 bridgehead atoms. The van der Waals surface area contributed by atoms with Gasteiger partial charge in [-0.3, -0.25) is 0 Å². The van der Waals surface area contributed by atoms with Crippen LogP contribution in [0.3, 0.4) is 0 Å². The third kappa shape index (κ3) is 3.12. The summed E-state index contributed by atoms with van der Waals surface area (Å²) in [7, 11) is 1.66. The van der Waals surface area contributed by atoms with E-state index < -0.39 is 6.16 Å². The monoisotopic (exact) mass is 242 g/mol. The van der Waals surface area contributed by atoms with Crippen molar-refractivity contribution in [3.05, 3.63) is 0 Å². The van der Waals surface area contributed by atoms with E-state index in [9.17, 15) is 4.79 Å². The fraction of sp³-hybridized carbons (Fsp3) is 0.923. The van der Waals surface area contributed by atoms with E-state index in [-0.39, 0.29) is 18.3 Å². The summed E-state index contributed by atoms with van der Waals surface area (Å²) in [5.41, 5.74) is 0. The summed E-state index contributed by atoms with van der Waals surface area (Å²) in [5.74, 6) is 0.462. The molecule has 2 rings (SSSR count). The molecule has 4 unspecified atom stereocenters. The highest BCUT2D eigenvalue weighted by atomic mass is 16.7. The van der Waals surface area contributed by atoms with Gasteiger partial charge in [0.15, 0.2) is 0 Å². The molecule has 0 aliphatic heterocycles. The van der Waals surface area contributed by atoms with E-state index in [1.54, 1.807) is 7.11 Å². The minimum Gasteiger partial charge on any atom is -0.431 e. The molecular formula is C13H22O4. The normalized spacial score (nSPS) is 37.1. The molecule has 0 saturated heterocycles. The maximum Gasteiger partial charge on any atom is 0.508 e. The van der Waals surface area contributed by atoms with Crippen LogP contribution >= 0.6 is 0 Å². The molecule has 0 aromatic heterocycles. The third-order valence-electron chi connectivity index (χ3n) is 3.97. The van der Waals surface area contributed by atoms with E-state index in [1.165, 1.54) is 0 Å². The van der Waals surface area contributed by atoms with Crippen molar-refractivity contribution in [1.82, 2.24) is 0 Å². The number of methoxy groups -OCH3 is 1. The SMILES string of the molecule is COC1CCCC1OC(=O)OC1CCCC1C. The van der Waals surface area contributed by atoms with E-state index in [2.05, 4.69) is 6.92 Å². The van der Waals surface area contributed by atoms with Gasteiger partial charge in [-0.15, -0.1) is 0 Å². The summed E-state index contributed by atoms with van der Waals surface area (Å²) in [6.07, 6.45) is 5.61. The highest BCUT2D eigenvalue weighted by Gasteiger charge is 2.33. The van der Waals surface area contributed by atoms with Crippen LogP contribution in [0.1, 0.15) is 45.4 Å². The van der Waals surface area contributed by atoms with Gasteiger partial charge in [0.1, 0.15) is 12.2 Å². The molecule has 2 aliphatic rings.